The molecule has 31 heavy (non-hydrogen) atoms. The second kappa shape index (κ2) is 17.8. The molecular formula is C24H46NO5S-. The molecule has 6 nitrogen and oxygen atoms in total. The van der Waals surface area contributed by atoms with E-state index < -0.39 is 27.9 Å². The van der Waals surface area contributed by atoms with Crippen molar-refractivity contribution in [3.8, 4) is 0 Å². The van der Waals surface area contributed by atoms with Gasteiger partial charge in [-0.15, -0.1) is 0 Å². The van der Waals surface area contributed by atoms with E-state index in [0.717, 1.165) is 44.9 Å². The zero-order chi connectivity index (χ0) is 22.8. The Morgan fingerprint density at radius 1 is 0.903 bits per heavy atom. The molecule has 1 atom stereocenters. The van der Waals surface area contributed by atoms with Crippen LogP contribution in [0.4, 0.5) is 0 Å². The highest BCUT2D eigenvalue weighted by Crippen LogP contribution is 2.17. The van der Waals surface area contributed by atoms with Crippen LogP contribution in [0.25, 0.3) is 0 Å². The van der Waals surface area contributed by atoms with Gasteiger partial charge in [0.15, 0.2) is 0 Å². The third-order valence-electron chi connectivity index (χ3n) is 6.16. The van der Waals surface area contributed by atoms with Crippen molar-refractivity contribution in [1.82, 2.24) is 5.32 Å². The van der Waals surface area contributed by atoms with Gasteiger partial charge in [-0.3, -0.25) is 4.79 Å². The molecule has 0 aliphatic heterocycles. The SMILES string of the molecule is CCCCCCCCCCCCCCC(=O)OC(CNC1CCCCC1)CS(=O)(=O)[O-]. The predicted octanol–water partition coefficient (Wildman–Crippen LogP) is 5.46. The van der Waals surface area contributed by atoms with Gasteiger partial charge in [-0.1, -0.05) is 96.8 Å². The Labute approximate surface area is 191 Å². The second-order valence-electron chi connectivity index (χ2n) is 9.22. The van der Waals surface area contributed by atoms with E-state index in [1.54, 1.807) is 0 Å². The first-order valence-electron chi connectivity index (χ1n) is 12.8. The molecule has 0 saturated heterocycles. The fraction of sp³-hybridized carbons (Fsp3) is 0.958. The first-order chi connectivity index (χ1) is 14.9. The zero-order valence-electron chi connectivity index (χ0n) is 19.7. The van der Waals surface area contributed by atoms with E-state index in [1.165, 1.54) is 64.2 Å². The van der Waals surface area contributed by atoms with Gasteiger partial charge >= 0.3 is 5.97 Å². The molecule has 0 amide bonds. The minimum atomic E-state index is -4.44. The molecule has 0 aromatic rings. The lowest BCUT2D eigenvalue weighted by Crippen LogP contribution is -2.41. The summed E-state index contributed by atoms with van der Waals surface area (Å²) < 4.78 is 38.9. The Balaban J connectivity index is 2.10. The average Bonchev–Trinajstić information content (AvgIpc) is 2.72. The molecule has 0 radical (unpaired) electrons. The number of rotatable bonds is 19. The smallest absolute Gasteiger partial charge is 0.306 e. The molecule has 1 unspecified atom stereocenters. The molecule has 0 heterocycles. The van der Waals surface area contributed by atoms with Gasteiger partial charge < -0.3 is 14.6 Å². The van der Waals surface area contributed by atoms with E-state index in [0.29, 0.717) is 6.04 Å². The van der Waals surface area contributed by atoms with Crippen LogP contribution in [0.15, 0.2) is 0 Å². The van der Waals surface area contributed by atoms with Gasteiger partial charge in [-0.05, 0) is 19.3 Å². The number of carbonyl (C=O) groups excluding carboxylic acids is 1. The zero-order valence-corrected chi connectivity index (χ0v) is 20.6. The van der Waals surface area contributed by atoms with Crippen LogP contribution in [0.2, 0.25) is 0 Å². The number of hydrogen-bond donors (Lipinski definition) is 1. The van der Waals surface area contributed by atoms with E-state index in [1.807, 2.05) is 0 Å². The lowest BCUT2D eigenvalue weighted by Gasteiger charge is -2.26. The fourth-order valence-corrected chi connectivity index (χ4v) is 4.96. The molecule has 1 rings (SSSR count). The molecule has 0 bridgehead atoms. The Morgan fingerprint density at radius 2 is 1.42 bits per heavy atom. The maximum Gasteiger partial charge on any atom is 0.306 e. The second-order valence-corrected chi connectivity index (χ2v) is 10.7. The predicted molar refractivity (Wildman–Crippen MR) is 125 cm³/mol. The van der Waals surface area contributed by atoms with Crippen molar-refractivity contribution in [3.05, 3.63) is 0 Å². The Bertz CT molecular complexity index is 546. The number of unbranched alkanes of at least 4 members (excludes halogenated alkanes) is 11. The van der Waals surface area contributed by atoms with Crippen LogP contribution < -0.4 is 5.32 Å². The van der Waals surface area contributed by atoms with Gasteiger partial charge in [0.2, 0.25) is 0 Å². The van der Waals surface area contributed by atoms with Crippen molar-refractivity contribution in [1.29, 1.82) is 0 Å². The van der Waals surface area contributed by atoms with Crippen LogP contribution in [0, 0.1) is 0 Å². The standard InChI is InChI=1S/C24H47NO5S/c1-2-3-4-5-6-7-8-9-10-11-12-16-19-24(26)30-23(21-31(27,28)29)20-25-22-17-14-13-15-18-22/h22-23,25H,2-21H2,1H3,(H,27,28,29)/p-1. The molecule has 0 aromatic heterocycles. The summed E-state index contributed by atoms with van der Waals surface area (Å²) in [5.74, 6) is -1.05. The number of carbonyl (C=O) groups is 1. The third-order valence-corrected chi connectivity index (χ3v) is 6.94. The molecule has 1 saturated carbocycles. The summed E-state index contributed by atoms with van der Waals surface area (Å²) in [4.78, 5) is 12.1. The van der Waals surface area contributed by atoms with Gasteiger partial charge in [0.25, 0.3) is 0 Å². The van der Waals surface area contributed by atoms with E-state index in [9.17, 15) is 17.8 Å². The van der Waals surface area contributed by atoms with Crippen molar-refractivity contribution in [2.24, 2.45) is 0 Å². The summed E-state index contributed by atoms with van der Waals surface area (Å²) >= 11 is 0. The molecule has 1 aliphatic carbocycles. The van der Waals surface area contributed by atoms with Crippen LogP contribution in [-0.4, -0.2) is 43.4 Å². The van der Waals surface area contributed by atoms with Crippen LogP contribution in [0.1, 0.15) is 122 Å². The maximum atomic E-state index is 12.1. The van der Waals surface area contributed by atoms with E-state index in [4.69, 9.17) is 4.74 Å². The van der Waals surface area contributed by atoms with Gasteiger partial charge in [-0.2, -0.15) is 0 Å². The average molecular weight is 461 g/mol. The molecule has 7 heteroatoms. The van der Waals surface area contributed by atoms with Gasteiger partial charge in [0, 0.05) is 19.0 Å². The lowest BCUT2D eigenvalue weighted by atomic mass is 9.95. The molecule has 1 aliphatic rings. The number of esters is 1. The van der Waals surface area contributed by atoms with Gasteiger partial charge in [0.05, 0.1) is 15.9 Å². The molecule has 0 spiro atoms. The van der Waals surface area contributed by atoms with Crippen molar-refractivity contribution in [3.63, 3.8) is 0 Å². The molecule has 1 N–H and O–H groups in total. The number of nitrogens with one attached hydrogen (secondary N) is 1. The largest absolute Gasteiger partial charge is 0.748 e. The van der Waals surface area contributed by atoms with Gasteiger partial charge in [-0.25, -0.2) is 8.42 Å². The Hall–Kier alpha value is -0.660. The Kier molecular flexibility index (Phi) is 16.3. The summed E-state index contributed by atoms with van der Waals surface area (Å²) in [5.41, 5.74) is 0. The highest BCUT2D eigenvalue weighted by atomic mass is 32.2. The summed E-state index contributed by atoms with van der Waals surface area (Å²) in [6.45, 7) is 2.47. The topological polar surface area (TPSA) is 95.5 Å². The highest BCUT2D eigenvalue weighted by molar-refractivity contribution is 7.85. The van der Waals surface area contributed by atoms with Crippen molar-refractivity contribution in [2.45, 2.75) is 135 Å². The molecule has 184 valence electrons. The van der Waals surface area contributed by atoms with Crippen LogP contribution >= 0.6 is 0 Å². The summed E-state index contributed by atoms with van der Waals surface area (Å²) in [6.07, 6.45) is 19.7. The summed E-state index contributed by atoms with van der Waals surface area (Å²) in [6, 6.07) is 0.320. The molecule has 1 fully saturated rings. The fourth-order valence-electron chi connectivity index (χ4n) is 4.32. The first kappa shape index (κ1) is 28.4. The van der Waals surface area contributed by atoms with E-state index in [2.05, 4.69) is 12.2 Å². The minimum absolute atomic E-state index is 0.232. The third kappa shape index (κ3) is 17.6. The first-order valence-corrected chi connectivity index (χ1v) is 14.3. The normalized spacial score (nSPS) is 16.3. The molecule has 0 aromatic carbocycles. The monoisotopic (exact) mass is 460 g/mol. The highest BCUT2D eigenvalue weighted by Gasteiger charge is 2.20. The van der Waals surface area contributed by atoms with Crippen molar-refractivity contribution < 1.29 is 22.5 Å². The molecular weight excluding hydrogens is 414 g/mol. The van der Waals surface area contributed by atoms with Crippen molar-refractivity contribution >= 4 is 16.1 Å². The number of hydrogen-bond acceptors (Lipinski definition) is 6. The summed E-state index contributed by atoms with van der Waals surface area (Å²) in [5, 5.41) is 3.28. The lowest BCUT2D eigenvalue weighted by molar-refractivity contribution is -0.148. The summed E-state index contributed by atoms with van der Waals surface area (Å²) in [7, 11) is -4.44. The van der Waals surface area contributed by atoms with Crippen LogP contribution in [0.5, 0.6) is 0 Å². The van der Waals surface area contributed by atoms with Crippen molar-refractivity contribution in [2.75, 3.05) is 12.3 Å². The number of ether oxygens (including phenoxy) is 1. The Morgan fingerprint density at radius 3 is 1.94 bits per heavy atom. The minimum Gasteiger partial charge on any atom is -0.748 e. The quantitative estimate of drug-likeness (QED) is 0.156. The maximum absolute atomic E-state index is 12.1. The van der Waals surface area contributed by atoms with Crippen LogP contribution in [0.3, 0.4) is 0 Å². The van der Waals surface area contributed by atoms with E-state index >= 15 is 0 Å². The van der Waals surface area contributed by atoms with Crippen LogP contribution in [-0.2, 0) is 19.6 Å². The van der Waals surface area contributed by atoms with E-state index in [-0.39, 0.29) is 13.0 Å². The van der Waals surface area contributed by atoms with Gasteiger partial charge in [0.1, 0.15) is 6.10 Å².